The smallest absolute Gasteiger partial charge is 0.351 e. The molecule has 0 amide bonds. The van der Waals surface area contributed by atoms with E-state index in [-0.39, 0.29) is 12.8 Å². The van der Waals surface area contributed by atoms with Gasteiger partial charge in [-0.3, -0.25) is 9.59 Å². The Morgan fingerprint density at radius 3 is 1.12 bits per heavy atom. The summed E-state index contributed by atoms with van der Waals surface area (Å²) in [6.45, 7) is 4.46. The Morgan fingerprint density at radius 1 is 0.512 bits per heavy atom. The van der Waals surface area contributed by atoms with Gasteiger partial charge in [0.15, 0.2) is 5.78 Å². The van der Waals surface area contributed by atoms with Gasteiger partial charge in [-0.05, 0) is 12.8 Å². The molecule has 0 bridgehead atoms. The van der Waals surface area contributed by atoms with Gasteiger partial charge >= 0.3 is 5.97 Å². The molecule has 0 rings (SSSR count). The Bertz CT molecular complexity index is 649. The summed E-state index contributed by atoms with van der Waals surface area (Å²) in [5.41, 5.74) is -3.15. The van der Waals surface area contributed by atoms with Gasteiger partial charge in [0.2, 0.25) is 5.78 Å². The van der Waals surface area contributed by atoms with Gasteiger partial charge in [0, 0.05) is 6.42 Å². The van der Waals surface area contributed by atoms with Gasteiger partial charge < -0.3 is 15.3 Å². The van der Waals surface area contributed by atoms with Crippen LogP contribution in [0.25, 0.3) is 0 Å². The molecule has 0 aromatic carbocycles. The number of ketones is 2. The molecule has 0 aliphatic carbocycles. The van der Waals surface area contributed by atoms with Gasteiger partial charge in [0.05, 0.1) is 0 Å². The van der Waals surface area contributed by atoms with Crippen LogP contribution in [-0.4, -0.2) is 44.6 Å². The summed E-state index contributed by atoms with van der Waals surface area (Å²) in [5.74, 6) is -4.18. The molecule has 0 radical (unpaired) electrons. The highest BCUT2D eigenvalue weighted by Crippen LogP contribution is 2.20. The lowest BCUT2D eigenvalue weighted by atomic mass is 9.85. The summed E-state index contributed by atoms with van der Waals surface area (Å²) in [5, 5.41) is 30.3. The van der Waals surface area contributed by atoms with Crippen molar-refractivity contribution >= 4 is 17.5 Å². The topological polar surface area (TPSA) is 112 Å². The second-order valence-corrected chi connectivity index (χ2v) is 12.3. The lowest BCUT2D eigenvalue weighted by Crippen LogP contribution is -2.57. The predicted octanol–water partition coefficient (Wildman–Crippen LogP) is 9.26. The number of carbonyl (C=O) groups is 3. The molecule has 6 heteroatoms. The zero-order valence-electron chi connectivity index (χ0n) is 26.9. The van der Waals surface area contributed by atoms with Crippen LogP contribution in [-0.2, 0) is 14.4 Å². The number of rotatable bonds is 32. The molecule has 0 spiro atoms. The molecule has 3 N–H and O–H groups in total. The zero-order valence-corrected chi connectivity index (χ0v) is 26.9. The molecule has 0 saturated carbocycles. The molecule has 0 aromatic rings. The molecule has 41 heavy (non-hydrogen) atoms. The molecule has 0 heterocycles. The van der Waals surface area contributed by atoms with Gasteiger partial charge in [-0.1, -0.05) is 174 Å². The highest BCUT2D eigenvalue weighted by atomic mass is 16.4. The molecule has 2 atom stereocenters. The maximum Gasteiger partial charge on any atom is 0.351 e. The molecule has 0 fully saturated rings. The third-order valence-corrected chi connectivity index (χ3v) is 8.46. The number of hydrogen-bond donors (Lipinski definition) is 3. The SMILES string of the molecule is CCCCCCCCCCCCCCCC(=O)C(O)(C(=O)O)C(=O)C(O)CCCCCCCCCCCCCCC. The van der Waals surface area contributed by atoms with Crippen molar-refractivity contribution in [2.75, 3.05) is 0 Å². The molecule has 0 aromatic heterocycles. The van der Waals surface area contributed by atoms with E-state index in [0.29, 0.717) is 12.8 Å². The Kier molecular flexibility index (Phi) is 26.7. The number of hydrogen-bond acceptors (Lipinski definition) is 5. The van der Waals surface area contributed by atoms with E-state index in [2.05, 4.69) is 13.8 Å². The van der Waals surface area contributed by atoms with E-state index in [1.807, 2.05) is 0 Å². The molecular formula is C35H66O6. The third-order valence-electron chi connectivity index (χ3n) is 8.46. The van der Waals surface area contributed by atoms with Crippen LogP contribution < -0.4 is 0 Å². The van der Waals surface area contributed by atoms with Crippen molar-refractivity contribution < 1.29 is 29.7 Å². The number of aliphatic hydroxyl groups excluding tert-OH is 1. The van der Waals surface area contributed by atoms with Crippen LogP contribution in [0.1, 0.15) is 194 Å². The van der Waals surface area contributed by atoms with Crippen molar-refractivity contribution in [1.82, 2.24) is 0 Å². The van der Waals surface area contributed by atoms with Gasteiger partial charge in [-0.2, -0.15) is 0 Å². The molecule has 0 aliphatic heterocycles. The Morgan fingerprint density at radius 2 is 0.805 bits per heavy atom. The molecule has 242 valence electrons. The minimum atomic E-state index is -3.15. The number of aliphatic hydroxyl groups is 2. The minimum absolute atomic E-state index is 0.0677. The molecule has 0 aliphatic rings. The largest absolute Gasteiger partial charge is 0.478 e. The first-order valence-corrected chi connectivity index (χ1v) is 17.5. The third kappa shape index (κ3) is 20.3. The lowest BCUT2D eigenvalue weighted by molar-refractivity contribution is -0.173. The maximum atomic E-state index is 12.6. The predicted molar refractivity (Wildman–Crippen MR) is 169 cm³/mol. The zero-order chi connectivity index (χ0) is 30.6. The van der Waals surface area contributed by atoms with Crippen LogP contribution >= 0.6 is 0 Å². The summed E-state index contributed by atoms with van der Waals surface area (Å²) in [6, 6.07) is 0. The second-order valence-electron chi connectivity index (χ2n) is 12.3. The van der Waals surface area contributed by atoms with Crippen LogP contribution in [0.15, 0.2) is 0 Å². The van der Waals surface area contributed by atoms with Crippen LogP contribution in [0, 0.1) is 0 Å². The van der Waals surface area contributed by atoms with Gasteiger partial charge in [-0.15, -0.1) is 0 Å². The number of unbranched alkanes of at least 4 members (excludes halogenated alkanes) is 24. The quantitative estimate of drug-likeness (QED) is 0.0538. The molecule has 6 nitrogen and oxygen atoms in total. The van der Waals surface area contributed by atoms with Crippen molar-refractivity contribution in [3.63, 3.8) is 0 Å². The Balaban J connectivity index is 4.01. The van der Waals surface area contributed by atoms with Gasteiger partial charge in [0.1, 0.15) is 6.10 Å². The van der Waals surface area contributed by atoms with Crippen molar-refractivity contribution in [2.45, 2.75) is 205 Å². The highest BCUT2D eigenvalue weighted by Gasteiger charge is 2.52. The normalized spacial score (nSPS) is 13.7. The van der Waals surface area contributed by atoms with Gasteiger partial charge in [-0.25, -0.2) is 4.79 Å². The summed E-state index contributed by atoms with van der Waals surface area (Å²) in [4.78, 5) is 36.9. The number of carboxylic acids is 1. The van der Waals surface area contributed by atoms with E-state index in [9.17, 15) is 29.7 Å². The number of Topliss-reactive ketones (excluding diaryl/α,β-unsaturated/α-hetero) is 2. The first kappa shape index (κ1) is 39.7. The fraction of sp³-hybridized carbons (Fsp3) is 0.914. The lowest BCUT2D eigenvalue weighted by Gasteiger charge is -2.23. The van der Waals surface area contributed by atoms with Crippen LogP contribution in [0.2, 0.25) is 0 Å². The monoisotopic (exact) mass is 582 g/mol. The minimum Gasteiger partial charge on any atom is -0.478 e. The van der Waals surface area contributed by atoms with E-state index in [1.165, 1.54) is 109 Å². The maximum absolute atomic E-state index is 12.6. The average Bonchev–Trinajstić information content (AvgIpc) is 2.96. The van der Waals surface area contributed by atoms with E-state index >= 15 is 0 Å². The fourth-order valence-corrected chi connectivity index (χ4v) is 5.57. The van der Waals surface area contributed by atoms with Crippen molar-refractivity contribution in [2.24, 2.45) is 0 Å². The van der Waals surface area contributed by atoms with E-state index < -0.39 is 29.2 Å². The molecule has 0 saturated heterocycles. The van der Waals surface area contributed by atoms with Crippen molar-refractivity contribution in [3.8, 4) is 0 Å². The van der Waals surface area contributed by atoms with Crippen LogP contribution in [0.3, 0.4) is 0 Å². The summed E-state index contributed by atoms with van der Waals surface area (Å²) < 4.78 is 0. The van der Waals surface area contributed by atoms with Crippen molar-refractivity contribution in [3.05, 3.63) is 0 Å². The summed E-state index contributed by atoms with van der Waals surface area (Å²) >= 11 is 0. The first-order chi connectivity index (χ1) is 19.8. The fourth-order valence-electron chi connectivity index (χ4n) is 5.57. The van der Waals surface area contributed by atoms with E-state index in [0.717, 1.165) is 44.9 Å². The standard InChI is InChI=1S/C35H66O6/c1-3-5-7-9-11-13-15-17-19-21-23-25-27-29-31(36)33(38)35(41,34(39)40)32(37)30-28-26-24-22-20-18-16-14-12-10-8-6-4-2/h31,36,41H,3-30H2,1-2H3,(H,39,40). The average molecular weight is 583 g/mol. The number of aliphatic carboxylic acids is 1. The molecular weight excluding hydrogens is 516 g/mol. The second kappa shape index (κ2) is 27.6. The number of carboxylic acid groups (broad SMARTS) is 1. The Labute approximate surface area is 252 Å². The van der Waals surface area contributed by atoms with E-state index in [4.69, 9.17) is 0 Å². The van der Waals surface area contributed by atoms with Gasteiger partial charge in [0.25, 0.3) is 5.60 Å². The molecule has 2 unspecified atom stereocenters. The summed E-state index contributed by atoms with van der Waals surface area (Å²) in [7, 11) is 0. The van der Waals surface area contributed by atoms with Crippen LogP contribution in [0.5, 0.6) is 0 Å². The Hall–Kier alpha value is -1.27. The highest BCUT2D eigenvalue weighted by molar-refractivity contribution is 6.26. The van der Waals surface area contributed by atoms with Crippen molar-refractivity contribution in [1.29, 1.82) is 0 Å². The first-order valence-electron chi connectivity index (χ1n) is 17.5. The number of carbonyl (C=O) groups excluding carboxylic acids is 2. The summed E-state index contributed by atoms with van der Waals surface area (Å²) in [6.07, 6.45) is 28.2. The van der Waals surface area contributed by atoms with E-state index in [1.54, 1.807) is 0 Å². The van der Waals surface area contributed by atoms with Crippen LogP contribution in [0.4, 0.5) is 0 Å².